The molecule has 4 nitrogen and oxygen atoms in total. The third-order valence-electron chi connectivity index (χ3n) is 2.26. The van der Waals surface area contributed by atoms with Crippen LogP contribution in [-0.4, -0.2) is 9.91 Å². The minimum atomic E-state index is -0.469. The molecule has 0 aliphatic heterocycles. The lowest BCUT2D eigenvalue weighted by Crippen LogP contribution is -1.91. The topological polar surface area (TPSA) is 56.0 Å². The van der Waals surface area contributed by atoms with Crippen molar-refractivity contribution >= 4 is 29.1 Å². The van der Waals surface area contributed by atoms with Gasteiger partial charge in [0.15, 0.2) is 0 Å². The number of hydrogen-bond acceptors (Lipinski definition) is 4. The second kappa shape index (κ2) is 5.84. The van der Waals surface area contributed by atoms with Gasteiger partial charge < -0.3 is 0 Å². The van der Waals surface area contributed by atoms with Crippen LogP contribution >= 0.6 is 23.4 Å². The maximum atomic E-state index is 10.8. The van der Waals surface area contributed by atoms with Gasteiger partial charge in [-0.15, -0.1) is 11.8 Å². The minimum Gasteiger partial charge on any atom is -0.265 e. The van der Waals surface area contributed by atoms with Crippen LogP contribution in [0.2, 0.25) is 5.02 Å². The highest BCUT2D eigenvalue weighted by atomic mass is 35.5. The van der Waals surface area contributed by atoms with Crippen molar-refractivity contribution in [2.24, 2.45) is 0 Å². The molecule has 1 aromatic heterocycles. The van der Waals surface area contributed by atoms with Crippen molar-refractivity contribution in [1.29, 1.82) is 0 Å². The summed E-state index contributed by atoms with van der Waals surface area (Å²) < 4.78 is 0. The minimum absolute atomic E-state index is 0.0514. The van der Waals surface area contributed by atoms with Gasteiger partial charge in [0.05, 0.1) is 4.92 Å². The predicted octanol–water partition coefficient (Wildman–Crippen LogP) is 3.94. The first kappa shape index (κ1) is 12.9. The molecule has 2 rings (SSSR count). The number of halogens is 1. The van der Waals surface area contributed by atoms with Crippen molar-refractivity contribution in [1.82, 2.24) is 4.98 Å². The highest BCUT2D eigenvalue weighted by molar-refractivity contribution is 7.98. The molecule has 0 spiro atoms. The van der Waals surface area contributed by atoms with Gasteiger partial charge in [0, 0.05) is 29.1 Å². The van der Waals surface area contributed by atoms with Crippen LogP contribution in [0.4, 0.5) is 5.69 Å². The van der Waals surface area contributed by atoms with Crippen LogP contribution in [0.5, 0.6) is 0 Å². The number of pyridine rings is 1. The van der Waals surface area contributed by atoms with E-state index in [0.29, 0.717) is 5.75 Å². The Morgan fingerprint density at radius 2 is 2.00 bits per heavy atom. The molecule has 0 aliphatic carbocycles. The monoisotopic (exact) mass is 280 g/mol. The van der Waals surface area contributed by atoms with E-state index in [2.05, 4.69) is 4.98 Å². The number of hydrogen-bond donors (Lipinski definition) is 0. The summed E-state index contributed by atoms with van der Waals surface area (Å²) >= 11 is 7.35. The maximum Gasteiger partial charge on any atom is 0.288 e. The molecular formula is C12H9ClN2O2S. The lowest BCUT2D eigenvalue weighted by atomic mass is 10.2. The molecule has 0 aliphatic rings. The van der Waals surface area contributed by atoms with Crippen LogP contribution in [0.15, 0.2) is 47.6 Å². The number of nitrogens with zero attached hydrogens (tertiary/aromatic N) is 2. The van der Waals surface area contributed by atoms with Crippen molar-refractivity contribution in [2.75, 3.05) is 0 Å². The van der Waals surface area contributed by atoms with E-state index < -0.39 is 4.92 Å². The van der Waals surface area contributed by atoms with E-state index in [1.165, 1.54) is 6.07 Å². The zero-order valence-corrected chi connectivity index (χ0v) is 10.8. The van der Waals surface area contributed by atoms with Crippen LogP contribution in [0.25, 0.3) is 0 Å². The summed E-state index contributed by atoms with van der Waals surface area (Å²) in [6, 6.07) is 8.66. The summed E-state index contributed by atoms with van der Waals surface area (Å²) in [4.78, 5) is 15.3. The standard InChI is InChI=1S/C12H9ClN2O2S/c13-11-2-1-9(7-12(11)15(16)17)8-18-10-3-5-14-6-4-10/h1-7H,8H2. The quantitative estimate of drug-likeness (QED) is 0.484. The summed E-state index contributed by atoms with van der Waals surface area (Å²) in [5.74, 6) is 0.655. The number of benzene rings is 1. The highest BCUT2D eigenvalue weighted by Crippen LogP contribution is 2.28. The molecule has 18 heavy (non-hydrogen) atoms. The highest BCUT2D eigenvalue weighted by Gasteiger charge is 2.12. The third kappa shape index (κ3) is 3.21. The van der Waals surface area contributed by atoms with Gasteiger partial charge in [-0.25, -0.2) is 0 Å². The number of rotatable bonds is 4. The molecule has 0 bridgehead atoms. The Kier molecular flexibility index (Phi) is 4.17. The largest absolute Gasteiger partial charge is 0.288 e. The first-order valence-corrected chi connectivity index (χ1v) is 6.49. The van der Waals surface area contributed by atoms with Crippen molar-refractivity contribution in [2.45, 2.75) is 10.6 Å². The maximum absolute atomic E-state index is 10.8. The molecule has 0 saturated heterocycles. The van der Waals surface area contributed by atoms with Gasteiger partial charge in [0.1, 0.15) is 5.02 Å². The Morgan fingerprint density at radius 3 is 2.67 bits per heavy atom. The van der Waals surface area contributed by atoms with E-state index in [4.69, 9.17) is 11.6 Å². The van der Waals surface area contributed by atoms with Gasteiger partial charge in [0.2, 0.25) is 0 Å². The summed E-state index contributed by atoms with van der Waals surface area (Å²) in [7, 11) is 0. The summed E-state index contributed by atoms with van der Waals surface area (Å²) in [5.41, 5.74) is 0.817. The van der Waals surface area contributed by atoms with E-state index >= 15 is 0 Å². The Balaban J connectivity index is 2.11. The number of aromatic nitrogens is 1. The fraction of sp³-hybridized carbons (Fsp3) is 0.0833. The first-order valence-electron chi connectivity index (χ1n) is 5.12. The average Bonchev–Trinajstić information content (AvgIpc) is 2.38. The zero-order valence-electron chi connectivity index (χ0n) is 9.25. The van der Waals surface area contributed by atoms with Crippen LogP contribution in [0, 0.1) is 10.1 Å². The van der Waals surface area contributed by atoms with Gasteiger partial charge in [-0.1, -0.05) is 17.7 Å². The molecular weight excluding hydrogens is 272 g/mol. The number of thioether (sulfide) groups is 1. The van der Waals surface area contributed by atoms with E-state index in [0.717, 1.165) is 10.5 Å². The van der Waals surface area contributed by atoms with Crippen molar-refractivity contribution in [3.8, 4) is 0 Å². The van der Waals surface area contributed by atoms with Crippen LogP contribution in [-0.2, 0) is 5.75 Å². The second-order valence-corrected chi connectivity index (χ2v) is 4.97. The van der Waals surface area contributed by atoms with Crippen LogP contribution in [0.3, 0.4) is 0 Å². The fourth-order valence-electron chi connectivity index (χ4n) is 1.39. The predicted molar refractivity (Wildman–Crippen MR) is 71.9 cm³/mol. The fourth-order valence-corrected chi connectivity index (χ4v) is 2.40. The molecule has 0 atom stereocenters. The van der Waals surface area contributed by atoms with E-state index in [9.17, 15) is 10.1 Å². The Hall–Kier alpha value is -1.59. The van der Waals surface area contributed by atoms with E-state index in [1.54, 1.807) is 36.3 Å². The molecule has 1 aromatic carbocycles. The molecule has 0 N–H and O–H groups in total. The molecule has 0 amide bonds. The smallest absolute Gasteiger partial charge is 0.265 e. The Morgan fingerprint density at radius 1 is 1.28 bits per heavy atom. The van der Waals surface area contributed by atoms with Crippen molar-refractivity contribution in [3.05, 3.63) is 63.4 Å². The average molecular weight is 281 g/mol. The molecule has 0 radical (unpaired) electrons. The van der Waals surface area contributed by atoms with Crippen molar-refractivity contribution in [3.63, 3.8) is 0 Å². The second-order valence-electron chi connectivity index (χ2n) is 3.51. The van der Waals surface area contributed by atoms with Crippen LogP contribution in [0.1, 0.15) is 5.56 Å². The van der Waals surface area contributed by atoms with Gasteiger partial charge in [-0.2, -0.15) is 0 Å². The van der Waals surface area contributed by atoms with Gasteiger partial charge in [0.25, 0.3) is 5.69 Å². The molecule has 6 heteroatoms. The molecule has 2 aromatic rings. The molecule has 1 heterocycles. The normalized spacial score (nSPS) is 10.3. The summed E-state index contributed by atoms with van der Waals surface area (Å²) in [5, 5.41) is 10.9. The number of nitro groups is 1. The first-order chi connectivity index (χ1) is 8.66. The third-order valence-corrected chi connectivity index (χ3v) is 3.67. The van der Waals surface area contributed by atoms with Gasteiger partial charge >= 0.3 is 0 Å². The molecule has 0 fully saturated rings. The molecule has 0 unspecified atom stereocenters. The zero-order chi connectivity index (χ0) is 13.0. The molecule has 0 saturated carbocycles. The van der Waals surface area contributed by atoms with E-state index in [-0.39, 0.29) is 10.7 Å². The van der Waals surface area contributed by atoms with Gasteiger partial charge in [-0.3, -0.25) is 15.1 Å². The van der Waals surface area contributed by atoms with E-state index in [1.807, 2.05) is 12.1 Å². The summed E-state index contributed by atoms with van der Waals surface area (Å²) in [6.45, 7) is 0. The lowest BCUT2D eigenvalue weighted by molar-refractivity contribution is -0.384. The molecule has 92 valence electrons. The van der Waals surface area contributed by atoms with Gasteiger partial charge in [-0.05, 0) is 23.8 Å². The Bertz CT molecular complexity index is 563. The van der Waals surface area contributed by atoms with Crippen molar-refractivity contribution < 1.29 is 4.92 Å². The SMILES string of the molecule is O=[N+]([O-])c1cc(CSc2ccncc2)ccc1Cl. The lowest BCUT2D eigenvalue weighted by Gasteiger charge is -2.02. The Labute approximate surface area is 113 Å². The summed E-state index contributed by atoms with van der Waals surface area (Å²) in [6.07, 6.45) is 3.43. The number of nitro benzene ring substituents is 1. The van der Waals surface area contributed by atoms with Crippen LogP contribution < -0.4 is 0 Å².